The standard InChI is InChI=1S/C28H37N4O6P/c1-27(2,3)37-39(35,38-28(4,5)6)19-22-14-12-21(13-15-22)17-24(30-31-29)25(33)32-23(18-36-26(32)34)16-20-10-8-7-9-11-20/h7-15,23-24H,16-19H2,1-6H3. The van der Waals surface area contributed by atoms with Gasteiger partial charge in [0.2, 0.25) is 5.91 Å². The highest BCUT2D eigenvalue weighted by Gasteiger charge is 2.41. The smallest absolute Gasteiger partial charge is 0.416 e. The fourth-order valence-electron chi connectivity index (χ4n) is 4.31. The van der Waals surface area contributed by atoms with Crippen molar-refractivity contribution in [1.29, 1.82) is 0 Å². The molecule has 2 amide bonds. The fourth-order valence-corrected chi connectivity index (χ4v) is 6.81. The predicted octanol–water partition coefficient (Wildman–Crippen LogP) is 6.82. The Balaban J connectivity index is 1.75. The molecule has 0 radical (unpaired) electrons. The summed E-state index contributed by atoms with van der Waals surface area (Å²) in [6.45, 7) is 11.0. The van der Waals surface area contributed by atoms with Gasteiger partial charge in [-0.15, -0.1) is 0 Å². The molecule has 11 heteroatoms. The zero-order valence-electron chi connectivity index (χ0n) is 23.4. The average molecular weight is 557 g/mol. The molecule has 2 atom stereocenters. The summed E-state index contributed by atoms with van der Waals surface area (Å²) in [5, 5.41) is 3.70. The van der Waals surface area contributed by atoms with Crippen LogP contribution < -0.4 is 0 Å². The van der Waals surface area contributed by atoms with Crippen molar-refractivity contribution < 1.29 is 27.9 Å². The molecule has 1 saturated heterocycles. The lowest BCUT2D eigenvalue weighted by Gasteiger charge is -2.32. The monoisotopic (exact) mass is 556 g/mol. The Morgan fingerprint density at radius 2 is 1.59 bits per heavy atom. The summed E-state index contributed by atoms with van der Waals surface area (Å²) < 4.78 is 30.5. The number of cyclic esters (lactones) is 1. The number of ether oxygens (including phenoxy) is 1. The number of rotatable bonds is 10. The van der Waals surface area contributed by atoms with Crippen molar-refractivity contribution in [2.24, 2.45) is 5.11 Å². The third kappa shape index (κ3) is 9.22. The van der Waals surface area contributed by atoms with E-state index in [1.54, 1.807) is 24.3 Å². The molecule has 2 aromatic carbocycles. The lowest BCUT2D eigenvalue weighted by molar-refractivity contribution is -0.130. The number of hydrogen-bond acceptors (Lipinski definition) is 7. The topological polar surface area (TPSA) is 131 Å². The van der Waals surface area contributed by atoms with E-state index in [1.165, 1.54) is 0 Å². The molecule has 0 saturated carbocycles. The minimum absolute atomic E-state index is 0.0707. The molecule has 1 fully saturated rings. The van der Waals surface area contributed by atoms with Crippen molar-refractivity contribution in [1.82, 2.24) is 4.90 Å². The molecule has 0 spiro atoms. The second-order valence-corrected chi connectivity index (χ2v) is 13.4. The zero-order valence-corrected chi connectivity index (χ0v) is 24.3. The van der Waals surface area contributed by atoms with Crippen LogP contribution in [0, 0.1) is 0 Å². The molecule has 0 bridgehead atoms. The number of imide groups is 1. The van der Waals surface area contributed by atoms with Crippen LogP contribution in [0.5, 0.6) is 0 Å². The van der Waals surface area contributed by atoms with Crippen molar-refractivity contribution in [2.75, 3.05) is 6.61 Å². The van der Waals surface area contributed by atoms with Crippen LogP contribution in [0.3, 0.4) is 0 Å². The molecule has 2 unspecified atom stereocenters. The summed E-state index contributed by atoms with van der Waals surface area (Å²) in [7, 11) is -3.49. The van der Waals surface area contributed by atoms with Crippen molar-refractivity contribution in [3.63, 3.8) is 0 Å². The lowest BCUT2D eigenvalue weighted by Crippen LogP contribution is -2.45. The van der Waals surface area contributed by atoms with Crippen molar-refractivity contribution in [3.05, 3.63) is 81.7 Å². The summed E-state index contributed by atoms with van der Waals surface area (Å²) in [6.07, 6.45) is -0.160. The molecule has 0 aliphatic carbocycles. The van der Waals surface area contributed by atoms with E-state index in [4.69, 9.17) is 19.3 Å². The van der Waals surface area contributed by atoms with E-state index in [0.29, 0.717) is 12.0 Å². The number of nitrogens with zero attached hydrogens (tertiary/aromatic N) is 4. The lowest BCUT2D eigenvalue weighted by atomic mass is 10.0. The molecule has 1 aliphatic rings. The molecule has 1 heterocycles. The summed E-state index contributed by atoms with van der Waals surface area (Å²) in [6, 6.07) is 14.9. The summed E-state index contributed by atoms with van der Waals surface area (Å²) in [4.78, 5) is 29.7. The highest BCUT2D eigenvalue weighted by molar-refractivity contribution is 7.53. The van der Waals surface area contributed by atoms with Crippen LogP contribution in [-0.2, 0) is 42.1 Å². The maximum atomic E-state index is 13.6. The van der Waals surface area contributed by atoms with E-state index in [0.717, 1.165) is 16.0 Å². The predicted molar refractivity (Wildman–Crippen MR) is 148 cm³/mol. The maximum Gasteiger partial charge on any atom is 0.416 e. The maximum absolute atomic E-state index is 13.6. The van der Waals surface area contributed by atoms with Gasteiger partial charge in [0.05, 0.1) is 23.4 Å². The first-order chi connectivity index (χ1) is 18.2. The van der Waals surface area contributed by atoms with Gasteiger partial charge in [-0.2, -0.15) is 0 Å². The molecule has 0 aromatic heterocycles. The normalized spacial score (nSPS) is 16.9. The quantitative estimate of drug-likeness (QED) is 0.137. The van der Waals surface area contributed by atoms with Crippen LogP contribution in [0.1, 0.15) is 58.2 Å². The van der Waals surface area contributed by atoms with E-state index < -0.39 is 42.9 Å². The number of azide groups is 1. The van der Waals surface area contributed by atoms with Gasteiger partial charge < -0.3 is 13.8 Å². The Hall–Kier alpha value is -3.16. The van der Waals surface area contributed by atoms with Crippen molar-refractivity contribution in [3.8, 4) is 0 Å². The van der Waals surface area contributed by atoms with Crippen LogP contribution in [0.25, 0.3) is 10.4 Å². The highest BCUT2D eigenvalue weighted by atomic mass is 31.2. The van der Waals surface area contributed by atoms with Gasteiger partial charge in [-0.3, -0.25) is 9.36 Å². The Morgan fingerprint density at radius 1 is 1.03 bits per heavy atom. The van der Waals surface area contributed by atoms with Crippen LogP contribution in [0.2, 0.25) is 0 Å². The molecular weight excluding hydrogens is 519 g/mol. The first kappa shape index (κ1) is 30.4. The minimum atomic E-state index is -3.49. The molecule has 39 heavy (non-hydrogen) atoms. The largest absolute Gasteiger partial charge is 0.447 e. The zero-order chi connectivity index (χ0) is 28.8. The van der Waals surface area contributed by atoms with E-state index in [-0.39, 0.29) is 19.2 Å². The number of carbonyl (C=O) groups is 2. The van der Waals surface area contributed by atoms with Crippen LogP contribution in [0.4, 0.5) is 4.79 Å². The first-order valence-electron chi connectivity index (χ1n) is 12.8. The van der Waals surface area contributed by atoms with E-state index in [1.807, 2.05) is 71.9 Å². The SMILES string of the molecule is CC(C)(C)OP(=O)(Cc1ccc(CC(N=[N+]=[N-])C(=O)N2C(=O)OCC2Cc2ccccc2)cc1)OC(C)(C)C. The highest BCUT2D eigenvalue weighted by Crippen LogP contribution is 2.56. The molecular formula is C28H37N4O6P. The second kappa shape index (κ2) is 12.3. The van der Waals surface area contributed by atoms with Crippen LogP contribution >= 0.6 is 7.60 Å². The van der Waals surface area contributed by atoms with Crippen molar-refractivity contribution in [2.45, 2.75) is 83.8 Å². The first-order valence-corrected chi connectivity index (χ1v) is 14.6. The van der Waals surface area contributed by atoms with Gasteiger partial charge in [0, 0.05) is 4.91 Å². The summed E-state index contributed by atoms with van der Waals surface area (Å²) in [5.41, 5.74) is 10.2. The van der Waals surface area contributed by atoms with Gasteiger partial charge in [0.1, 0.15) is 12.6 Å². The summed E-state index contributed by atoms with van der Waals surface area (Å²) >= 11 is 0. The molecule has 1 aliphatic heterocycles. The second-order valence-electron chi connectivity index (χ2n) is 11.5. The van der Waals surface area contributed by atoms with E-state index in [2.05, 4.69) is 10.0 Å². The van der Waals surface area contributed by atoms with E-state index >= 15 is 0 Å². The molecule has 10 nitrogen and oxygen atoms in total. The third-order valence-electron chi connectivity index (χ3n) is 5.64. The van der Waals surface area contributed by atoms with Gasteiger partial charge in [-0.25, -0.2) is 9.69 Å². The van der Waals surface area contributed by atoms with Crippen LogP contribution in [0.15, 0.2) is 59.7 Å². The number of carbonyl (C=O) groups excluding carboxylic acids is 2. The number of benzene rings is 2. The molecule has 3 rings (SSSR count). The summed E-state index contributed by atoms with van der Waals surface area (Å²) in [5.74, 6) is -0.609. The van der Waals surface area contributed by atoms with Gasteiger partial charge >= 0.3 is 13.7 Å². The minimum Gasteiger partial charge on any atom is -0.447 e. The molecule has 0 N–H and O–H groups in total. The van der Waals surface area contributed by atoms with Crippen LogP contribution in [-0.4, -0.2) is 46.8 Å². The van der Waals surface area contributed by atoms with Gasteiger partial charge in [-0.05, 0) is 76.6 Å². The Labute approximate surface area is 229 Å². The number of amides is 2. The Morgan fingerprint density at radius 3 is 2.13 bits per heavy atom. The molecule has 210 valence electrons. The van der Waals surface area contributed by atoms with Gasteiger partial charge in [0.25, 0.3) is 0 Å². The Bertz CT molecular complexity index is 1230. The van der Waals surface area contributed by atoms with E-state index in [9.17, 15) is 14.2 Å². The average Bonchev–Trinajstić information content (AvgIpc) is 3.17. The van der Waals surface area contributed by atoms with Crippen molar-refractivity contribution >= 4 is 19.6 Å². The molecule has 2 aromatic rings. The van der Waals surface area contributed by atoms with Gasteiger partial charge in [0.15, 0.2) is 0 Å². The third-order valence-corrected chi connectivity index (χ3v) is 8.05. The van der Waals surface area contributed by atoms with Gasteiger partial charge in [-0.1, -0.05) is 59.7 Å². The number of hydrogen-bond donors (Lipinski definition) is 0. The fraction of sp³-hybridized carbons (Fsp3) is 0.500. The Kier molecular flexibility index (Phi) is 9.62.